The molecule has 1 saturated heterocycles. The molecule has 4 atom stereocenters. The largest absolute Gasteiger partial charge is 0.387 e. The molecule has 3 heterocycles. The molecule has 132 valence electrons. The normalized spacial score (nSPS) is 27.1. The number of quaternary nitrogens is 1. The van der Waals surface area contributed by atoms with E-state index in [0.717, 1.165) is 18.7 Å². The lowest BCUT2D eigenvalue weighted by Gasteiger charge is -2.16. The molecule has 2 aromatic heterocycles. The summed E-state index contributed by atoms with van der Waals surface area (Å²) in [6, 6.07) is 0. The Balaban J connectivity index is 1.80. The maximum Gasteiger partial charge on any atom is 0.224 e. The van der Waals surface area contributed by atoms with Gasteiger partial charge >= 0.3 is 0 Å². The number of anilines is 2. The van der Waals surface area contributed by atoms with Crippen LogP contribution >= 0.6 is 11.8 Å². The van der Waals surface area contributed by atoms with E-state index in [9.17, 15) is 10.2 Å². The van der Waals surface area contributed by atoms with Crippen molar-refractivity contribution in [3.8, 4) is 0 Å². The van der Waals surface area contributed by atoms with Gasteiger partial charge in [0, 0.05) is 12.2 Å². The molecular formula is C13H22N7O3S+. The quantitative estimate of drug-likeness (QED) is 0.366. The highest BCUT2D eigenvalue weighted by Crippen LogP contribution is 2.33. The number of rotatable bonds is 6. The number of nitrogens with zero attached hydrogens (tertiary/aromatic N) is 4. The van der Waals surface area contributed by atoms with E-state index in [-0.39, 0.29) is 11.8 Å². The van der Waals surface area contributed by atoms with Gasteiger partial charge in [-0.15, -0.1) is 0 Å². The van der Waals surface area contributed by atoms with Gasteiger partial charge in [0.1, 0.15) is 17.7 Å². The lowest BCUT2D eigenvalue weighted by molar-refractivity contribution is -0.367. The van der Waals surface area contributed by atoms with Gasteiger partial charge in [0.25, 0.3) is 0 Å². The summed E-state index contributed by atoms with van der Waals surface area (Å²) in [5.41, 5.74) is 15.9. The highest BCUT2D eigenvalue weighted by atomic mass is 32.2. The molecule has 0 radical (unpaired) electrons. The van der Waals surface area contributed by atoms with Gasteiger partial charge in [-0.3, -0.25) is 4.57 Å². The molecule has 9 N–H and O–H groups in total. The van der Waals surface area contributed by atoms with E-state index in [4.69, 9.17) is 16.2 Å². The number of aliphatic hydroxyl groups is 2. The van der Waals surface area contributed by atoms with Crippen LogP contribution in [0.2, 0.25) is 0 Å². The van der Waals surface area contributed by atoms with Crippen LogP contribution in [0.3, 0.4) is 0 Å². The third-order valence-corrected chi connectivity index (χ3v) is 5.04. The van der Waals surface area contributed by atoms with Gasteiger partial charge in [0.05, 0.1) is 19.0 Å². The van der Waals surface area contributed by atoms with Crippen molar-refractivity contribution < 1.29 is 20.7 Å². The molecular weight excluding hydrogens is 334 g/mol. The smallest absolute Gasteiger partial charge is 0.224 e. The predicted molar refractivity (Wildman–Crippen MR) is 89.8 cm³/mol. The first-order valence-electron chi connectivity index (χ1n) is 7.67. The highest BCUT2D eigenvalue weighted by molar-refractivity contribution is 7.99. The summed E-state index contributed by atoms with van der Waals surface area (Å²) in [7, 11) is 0. The van der Waals surface area contributed by atoms with Gasteiger partial charge in [-0.25, -0.2) is 4.98 Å². The van der Waals surface area contributed by atoms with Crippen molar-refractivity contribution in [2.75, 3.05) is 29.5 Å². The second-order valence-electron chi connectivity index (χ2n) is 5.62. The first-order chi connectivity index (χ1) is 11.5. The summed E-state index contributed by atoms with van der Waals surface area (Å²) in [5, 5.41) is 20.6. The van der Waals surface area contributed by atoms with Gasteiger partial charge in [-0.1, -0.05) is 0 Å². The van der Waals surface area contributed by atoms with Crippen LogP contribution in [0.25, 0.3) is 11.2 Å². The van der Waals surface area contributed by atoms with Crippen molar-refractivity contribution in [3.05, 3.63) is 6.33 Å². The third kappa shape index (κ3) is 3.13. The van der Waals surface area contributed by atoms with Crippen molar-refractivity contribution in [1.29, 1.82) is 0 Å². The molecule has 0 amide bonds. The lowest BCUT2D eigenvalue weighted by atomic mass is 10.1. The fourth-order valence-corrected chi connectivity index (χ4v) is 3.73. The Labute approximate surface area is 142 Å². The summed E-state index contributed by atoms with van der Waals surface area (Å²) < 4.78 is 7.37. The first kappa shape index (κ1) is 17.2. The van der Waals surface area contributed by atoms with E-state index in [1.54, 1.807) is 11.8 Å². The zero-order valence-corrected chi connectivity index (χ0v) is 13.9. The Hall–Kier alpha value is -1.66. The average Bonchev–Trinajstić information content (AvgIpc) is 3.07. The molecule has 0 aliphatic carbocycles. The van der Waals surface area contributed by atoms with Crippen molar-refractivity contribution in [2.24, 2.45) is 0 Å². The molecule has 1 fully saturated rings. The maximum absolute atomic E-state index is 10.4. The zero-order chi connectivity index (χ0) is 17.3. The van der Waals surface area contributed by atoms with E-state index in [1.165, 1.54) is 10.9 Å². The molecule has 0 aromatic carbocycles. The summed E-state index contributed by atoms with van der Waals surface area (Å²) in [6.07, 6.45) is -0.921. The fourth-order valence-electron chi connectivity index (χ4n) is 2.64. The Morgan fingerprint density at radius 2 is 2.08 bits per heavy atom. The molecule has 24 heavy (non-hydrogen) atoms. The number of imidazole rings is 1. The fraction of sp³-hybridized carbons (Fsp3) is 0.615. The van der Waals surface area contributed by atoms with E-state index in [1.807, 2.05) is 0 Å². The van der Waals surface area contributed by atoms with Crippen LogP contribution in [-0.4, -0.2) is 66.1 Å². The topological polar surface area (TPSA) is 173 Å². The van der Waals surface area contributed by atoms with E-state index in [0.29, 0.717) is 16.9 Å². The number of hydrogen-bond acceptors (Lipinski definition) is 9. The summed E-state index contributed by atoms with van der Waals surface area (Å²) in [6.45, 7) is 0.871. The number of nitrogens with two attached hydrogens (primary N) is 2. The van der Waals surface area contributed by atoms with Crippen LogP contribution in [0.1, 0.15) is 12.6 Å². The van der Waals surface area contributed by atoms with Crippen molar-refractivity contribution in [3.63, 3.8) is 0 Å². The minimum Gasteiger partial charge on any atom is -0.387 e. The van der Waals surface area contributed by atoms with Crippen LogP contribution in [0.5, 0.6) is 0 Å². The van der Waals surface area contributed by atoms with Gasteiger partial charge < -0.3 is 32.2 Å². The molecule has 0 unspecified atom stereocenters. The van der Waals surface area contributed by atoms with Crippen molar-refractivity contribution in [2.45, 2.75) is 31.0 Å². The minimum atomic E-state index is -1.10. The molecule has 3 rings (SSSR count). The number of thioether (sulfide) groups is 1. The molecule has 11 heteroatoms. The maximum atomic E-state index is 10.4. The minimum absolute atomic E-state index is 0.00932. The number of nitrogen functional groups attached to an aromatic ring is 2. The van der Waals surface area contributed by atoms with Crippen molar-refractivity contribution >= 4 is 34.7 Å². The molecule has 2 aromatic rings. The zero-order valence-electron chi connectivity index (χ0n) is 13.1. The lowest BCUT2D eigenvalue weighted by Crippen LogP contribution is -2.50. The second-order valence-corrected chi connectivity index (χ2v) is 6.77. The van der Waals surface area contributed by atoms with E-state index in [2.05, 4.69) is 20.7 Å². The number of aliphatic hydroxyl groups excluding tert-OH is 2. The molecule has 1 aliphatic heterocycles. The van der Waals surface area contributed by atoms with Gasteiger partial charge in [0.15, 0.2) is 17.7 Å². The first-order valence-corrected chi connectivity index (χ1v) is 8.82. The number of aromatic nitrogens is 4. The average molecular weight is 356 g/mol. The Kier molecular flexibility index (Phi) is 5.06. The molecule has 0 spiro atoms. The van der Waals surface area contributed by atoms with Gasteiger partial charge in [0.2, 0.25) is 5.95 Å². The standard InChI is InChI=1S/C13H21N7O3S/c14-2-1-3-24-4-6-8(21)9(22)12(23-6)20-5-17-7-10(15)18-13(16)19-11(7)20/h5-6,8-9,12,21-22H,1-4,14H2,(H4,15,16,18,19)/p+1/t6-,8-,9-,12-/m1/s1. The monoisotopic (exact) mass is 356 g/mol. The van der Waals surface area contributed by atoms with Crippen LogP contribution in [0.15, 0.2) is 6.33 Å². The van der Waals surface area contributed by atoms with Crippen LogP contribution in [0.4, 0.5) is 11.8 Å². The van der Waals surface area contributed by atoms with E-state index >= 15 is 0 Å². The Morgan fingerprint density at radius 1 is 1.29 bits per heavy atom. The number of fused-ring (bicyclic) bond motifs is 1. The van der Waals surface area contributed by atoms with Crippen LogP contribution in [0, 0.1) is 0 Å². The SMILES string of the molecule is Nc1nc(N)c2ncn([C@@H]3O[C@H](CSCCC[NH3+])[C@@H](O)[C@H]3O)c2n1. The van der Waals surface area contributed by atoms with Crippen molar-refractivity contribution in [1.82, 2.24) is 19.5 Å². The van der Waals surface area contributed by atoms with Crippen LogP contribution in [-0.2, 0) is 4.74 Å². The predicted octanol–water partition coefficient (Wildman–Crippen LogP) is -2.02. The summed E-state index contributed by atoms with van der Waals surface area (Å²) >= 11 is 1.66. The highest BCUT2D eigenvalue weighted by Gasteiger charge is 2.44. The number of hydrogen-bond donors (Lipinski definition) is 5. The molecule has 0 bridgehead atoms. The van der Waals surface area contributed by atoms with Gasteiger partial charge in [-0.05, 0) is 5.75 Å². The van der Waals surface area contributed by atoms with Gasteiger partial charge in [-0.2, -0.15) is 21.7 Å². The molecule has 0 saturated carbocycles. The second kappa shape index (κ2) is 7.07. The molecule has 1 aliphatic rings. The Bertz CT molecular complexity index is 712. The third-order valence-electron chi connectivity index (χ3n) is 3.90. The molecule has 10 nitrogen and oxygen atoms in total. The number of ether oxygens (including phenoxy) is 1. The summed E-state index contributed by atoms with van der Waals surface area (Å²) in [5.74, 6) is 1.69. The Morgan fingerprint density at radius 3 is 2.83 bits per heavy atom. The van der Waals surface area contributed by atoms with E-state index < -0.39 is 24.5 Å². The van der Waals surface area contributed by atoms with Crippen LogP contribution < -0.4 is 17.2 Å². The summed E-state index contributed by atoms with van der Waals surface area (Å²) in [4.78, 5) is 12.1.